The van der Waals surface area contributed by atoms with Crippen LogP contribution in [-0.2, 0) is 46.2 Å². The molecule has 1 fully saturated rings. The van der Waals surface area contributed by atoms with E-state index >= 15 is 0 Å². The lowest BCUT2D eigenvalue weighted by molar-refractivity contribution is -0.149. The molecule has 41 heavy (non-hydrogen) atoms. The van der Waals surface area contributed by atoms with Crippen molar-refractivity contribution in [2.24, 2.45) is 17.3 Å². The Kier molecular flexibility index (Phi) is 7.61. The van der Waals surface area contributed by atoms with Gasteiger partial charge in [0, 0.05) is 31.2 Å². The molecule has 1 aliphatic heterocycles. The molecule has 8 nitrogen and oxygen atoms in total. The molecule has 0 amide bonds. The van der Waals surface area contributed by atoms with Crippen LogP contribution in [0.3, 0.4) is 0 Å². The van der Waals surface area contributed by atoms with E-state index in [1.54, 1.807) is 19.9 Å². The fraction of sp³-hybridized carbons (Fsp3) is 0.516. The van der Waals surface area contributed by atoms with Crippen LogP contribution in [0.4, 0.5) is 4.39 Å². The van der Waals surface area contributed by atoms with Crippen LogP contribution in [0.15, 0.2) is 47.5 Å². The third-order valence-corrected chi connectivity index (χ3v) is 11.1. The van der Waals surface area contributed by atoms with Crippen molar-refractivity contribution in [1.82, 2.24) is 19.3 Å². The highest BCUT2D eigenvalue weighted by Crippen LogP contribution is 2.65. The SMILES string of the molecule is CCCn1cc(CC2CC2(c2ccc(C)c(CN3C[C@@H](C)Cc4ccc(F)cc4S3(=O)=O)c2)C(C)(C)C(=O)O)nn1. The van der Waals surface area contributed by atoms with Crippen LogP contribution in [0.2, 0.25) is 0 Å². The van der Waals surface area contributed by atoms with Crippen molar-refractivity contribution in [3.63, 3.8) is 0 Å². The van der Waals surface area contributed by atoms with Crippen molar-refractivity contribution in [3.05, 3.63) is 76.4 Å². The maximum Gasteiger partial charge on any atom is 0.309 e. The fourth-order valence-corrected chi connectivity index (χ4v) is 8.47. The average molecular weight is 583 g/mol. The molecule has 1 aromatic heterocycles. The smallest absolute Gasteiger partial charge is 0.309 e. The second-order valence-corrected chi connectivity index (χ2v) is 14.4. The fourth-order valence-electron chi connectivity index (χ4n) is 6.69. The molecule has 0 bridgehead atoms. The van der Waals surface area contributed by atoms with Crippen molar-refractivity contribution in [3.8, 4) is 0 Å². The van der Waals surface area contributed by atoms with Crippen LogP contribution in [-0.4, -0.2) is 45.3 Å². The Hall–Kier alpha value is -3.11. The zero-order valence-electron chi connectivity index (χ0n) is 24.4. The highest BCUT2D eigenvalue weighted by atomic mass is 32.2. The zero-order valence-corrected chi connectivity index (χ0v) is 25.2. The third kappa shape index (κ3) is 5.20. The monoisotopic (exact) mass is 582 g/mol. The molecule has 10 heteroatoms. The number of hydrogen-bond acceptors (Lipinski definition) is 5. The normalized spacial score (nSPS) is 24.0. The number of aromatic nitrogens is 3. The highest BCUT2D eigenvalue weighted by molar-refractivity contribution is 7.89. The van der Waals surface area contributed by atoms with E-state index in [-0.39, 0.29) is 23.3 Å². The minimum absolute atomic E-state index is 0.0255. The predicted octanol–water partition coefficient (Wildman–Crippen LogP) is 5.13. The van der Waals surface area contributed by atoms with Gasteiger partial charge in [0.15, 0.2) is 0 Å². The molecule has 2 heterocycles. The van der Waals surface area contributed by atoms with Crippen LogP contribution in [0.25, 0.3) is 0 Å². The summed E-state index contributed by atoms with van der Waals surface area (Å²) in [5.41, 5.74) is 2.39. The lowest BCUT2D eigenvalue weighted by Gasteiger charge is -2.33. The Bertz CT molecular complexity index is 1580. The molecule has 1 N–H and O–H groups in total. The number of benzene rings is 2. The molecular formula is C31H39FN4O4S. The van der Waals surface area contributed by atoms with Crippen LogP contribution in [0, 0.1) is 30.0 Å². The van der Waals surface area contributed by atoms with Gasteiger partial charge in [0.05, 0.1) is 16.0 Å². The minimum atomic E-state index is -3.94. The van der Waals surface area contributed by atoms with Crippen LogP contribution < -0.4 is 0 Å². The van der Waals surface area contributed by atoms with Gasteiger partial charge in [0.25, 0.3) is 0 Å². The van der Waals surface area contributed by atoms with Gasteiger partial charge in [-0.1, -0.05) is 43.3 Å². The second-order valence-electron chi connectivity index (χ2n) is 12.5. The summed E-state index contributed by atoms with van der Waals surface area (Å²) in [6.07, 6.45) is 4.73. The van der Waals surface area contributed by atoms with E-state index in [1.165, 1.54) is 10.4 Å². The summed E-state index contributed by atoms with van der Waals surface area (Å²) in [6, 6.07) is 9.94. The van der Waals surface area contributed by atoms with Gasteiger partial charge in [-0.15, -0.1) is 5.10 Å². The first-order chi connectivity index (χ1) is 19.3. The largest absolute Gasteiger partial charge is 0.481 e. The van der Waals surface area contributed by atoms with Gasteiger partial charge in [0.2, 0.25) is 10.0 Å². The Labute approximate surface area is 241 Å². The number of carbonyl (C=O) groups is 1. The number of fused-ring (bicyclic) bond motifs is 1. The van der Waals surface area contributed by atoms with E-state index in [9.17, 15) is 22.7 Å². The molecule has 5 rings (SSSR count). The van der Waals surface area contributed by atoms with E-state index in [0.717, 1.165) is 41.4 Å². The lowest BCUT2D eigenvalue weighted by atomic mass is 9.69. The van der Waals surface area contributed by atoms with E-state index in [0.29, 0.717) is 31.4 Å². The number of halogens is 1. The summed E-state index contributed by atoms with van der Waals surface area (Å²) in [7, 11) is -3.94. The van der Waals surface area contributed by atoms with Crippen molar-refractivity contribution in [2.45, 2.75) is 83.7 Å². The number of carboxylic acids is 1. The Morgan fingerprint density at radius 3 is 2.68 bits per heavy atom. The van der Waals surface area contributed by atoms with Gasteiger partial charge in [-0.05, 0) is 92.7 Å². The molecule has 220 valence electrons. The standard InChI is InChI=1S/C31H39FN4O4S/c1-6-11-35-19-27(33-34-35)14-25-16-31(25,30(4,5)29(37)38)24-9-7-21(3)23(13-24)18-36-17-20(2)12-22-8-10-26(32)15-28(22)41(36,39)40/h7-10,13,15,19-20,25H,6,11-12,14,16-18H2,1-5H3,(H,37,38)/t20-,25?,31?/m0/s1. The second kappa shape index (κ2) is 10.6. The zero-order chi connectivity index (χ0) is 29.7. The number of hydrogen-bond donors (Lipinski definition) is 1. The molecule has 3 aromatic rings. The number of sulfonamides is 1. The average Bonchev–Trinajstić information content (AvgIpc) is 3.49. The number of carboxylic acid groups (broad SMARTS) is 1. The number of nitrogens with zero attached hydrogens (tertiary/aromatic N) is 4. The van der Waals surface area contributed by atoms with Crippen molar-refractivity contribution >= 4 is 16.0 Å². The molecule has 2 aliphatic rings. The van der Waals surface area contributed by atoms with Crippen molar-refractivity contribution in [2.75, 3.05) is 6.54 Å². The molecule has 1 saturated carbocycles. The minimum Gasteiger partial charge on any atom is -0.481 e. The van der Waals surface area contributed by atoms with Crippen LogP contribution in [0.1, 0.15) is 68.5 Å². The van der Waals surface area contributed by atoms with Gasteiger partial charge >= 0.3 is 5.97 Å². The highest BCUT2D eigenvalue weighted by Gasteiger charge is 2.66. The van der Waals surface area contributed by atoms with E-state index in [2.05, 4.69) is 17.2 Å². The Morgan fingerprint density at radius 1 is 1.22 bits per heavy atom. The molecule has 2 aromatic carbocycles. The molecule has 0 radical (unpaired) electrons. The summed E-state index contributed by atoms with van der Waals surface area (Å²) >= 11 is 0. The van der Waals surface area contributed by atoms with E-state index in [1.807, 2.05) is 42.9 Å². The molecule has 0 saturated heterocycles. The summed E-state index contributed by atoms with van der Waals surface area (Å²) in [4.78, 5) is 12.6. The number of aryl methyl sites for hydroxylation is 2. The third-order valence-electron chi connectivity index (χ3n) is 9.19. The number of aliphatic carboxylic acids is 1. The molecule has 1 aliphatic carbocycles. The maximum atomic E-state index is 14.1. The molecule has 3 atom stereocenters. The van der Waals surface area contributed by atoms with Crippen molar-refractivity contribution < 1.29 is 22.7 Å². The predicted molar refractivity (Wildman–Crippen MR) is 153 cm³/mol. The molecule has 0 spiro atoms. The Morgan fingerprint density at radius 2 is 1.98 bits per heavy atom. The van der Waals surface area contributed by atoms with Gasteiger partial charge in [0.1, 0.15) is 5.82 Å². The summed E-state index contributed by atoms with van der Waals surface area (Å²) in [5, 5.41) is 18.9. The van der Waals surface area contributed by atoms with Crippen LogP contribution >= 0.6 is 0 Å². The first kappa shape index (κ1) is 29.4. The van der Waals surface area contributed by atoms with Gasteiger partial charge < -0.3 is 5.11 Å². The first-order valence-corrected chi connectivity index (χ1v) is 15.7. The Balaban J connectivity index is 1.50. The molecular weight excluding hydrogens is 543 g/mol. The van der Waals surface area contributed by atoms with Gasteiger partial charge in [-0.2, -0.15) is 4.31 Å². The quantitative estimate of drug-likeness (QED) is 0.375. The van der Waals surface area contributed by atoms with Gasteiger partial charge in [-0.3, -0.25) is 9.48 Å². The first-order valence-electron chi connectivity index (χ1n) is 14.3. The summed E-state index contributed by atoms with van der Waals surface area (Å²) in [5.74, 6) is -1.36. The lowest BCUT2D eigenvalue weighted by Crippen LogP contribution is -2.39. The maximum absolute atomic E-state index is 14.1. The van der Waals surface area contributed by atoms with E-state index < -0.39 is 32.6 Å². The van der Waals surface area contributed by atoms with Crippen LogP contribution in [0.5, 0.6) is 0 Å². The molecule has 2 unspecified atom stereocenters. The van der Waals surface area contributed by atoms with E-state index in [4.69, 9.17) is 0 Å². The summed E-state index contributed by atoms with van der Waals surface area (Å²) < 4.78 is 44.9. The number of rotatable bonds is 9. The van der Waals surface area contributed by atoms with Crippen molar-refractivity contribution in [1.29, 1.82) is 0 Å². The topological polar surface area (TPSA) is 105 Å². The van der Waals surface area contributed by atoms with Gasteiger partial charge in [-0.25, -0.2) is 12.8 Å². The summed E-state index contributed by atoms with van der Waals surface area (Å²) in [6.45, 7) is 10.8.